The minimum Gasteiger partial charge on any atom is -0.388 e. The molecule has 5 nitrogen and oxygen atoms in total. The van der Waals surface area contributed by atoms with Crippen LogP contribution in [0.5, 0.6) is 0 Å². The zero-order valence-corrected chi connectivity index (χ0v) is 13.0. The lowest BCUT2D eigenvalue weighted by Crippen LogP contribution is -2.36. The number of aryl methyl sites for hydroxylation is 1. The Bertz CT molecular complexity index is 796. The van der Waals surface area contributed by atoms with Crippen molar-refractivity contribution in [2.75, 3.05) is 5.73 Å². The van der Waals surface area contributed by atoms with Crippen LogP contribution in [-0.2, 0) is 6.42 Å². The second-order valence-corrected chi connectivity index (χ2v) is 6.16. The molecule has 0 unspecified atom stereocenters. The monoisotopic (exact) mass is 337 g/mol. The van der Waals surface area contributed by atoms with Gasteiger partial charge >= 0.3 is 0 Å². The number of aromatic nitrogens is 1. The largest absolute Gasteiger partial charge is 0.388 e. The van der Waals surface area contributed by atoms with Crippen molar-refractivity contribution in [3.8, 4) is 0 Å². The lowest BCUT2D eigenvalue weighted by Gasteiger charge is -2.14. The van der Waals surface area contributed by atoms with Crippen LogP contribution in [0.25, 0.3) is 10.9 Å². The molecule has 3 atom stereocenters. The number of pyridine rings is 1. The fourth-order valence-electron chi connectivity index (χ4n) is 2.82. The van der Waals surface area contributed by atoms with Gasteiger partial charge in [0, 0.05) is 5.39 Å². The normalized spacial score (nSPS) is 24.2. The molecule has 6 N–H and O–H groups in total. The van der Waals surface area contributed by atoms with Gasteiger partial charge in [0.15, 0.2) is 0 Å². The molecule has 0 aliphatic heterocycles. The van der Waals surface area contributed by atoms with Crippen molar-refractivity contribution in [1.29, 1.82) is 0 Å². The van der Waals surface area contributed by atoms with E-state index in [0.717, 1.165) is 0 Å². The smallest absolute Gasteiger partial charge is 0.142 e. The second-order valence-electron chi connectivity index (χ2n) is 5.75. The summed E-state index contributed by atoms with van der Waals surface area (Å²) in [5, 5.41) is 20.1. The number of rotatable bonds is 3. The summed E-state index contributed by atoms with van der Waals surface area (Å²) in [5.41, 5.74) is 13.1. The average Bonchev–Trinajstić information content (AvgIpc) is 2.74. The van der Waals surface area contributed by atoms with Crippen LogP contribution in [0.3, 0.4) is 0 Å². The standard InChI is InChI=1S/C16H17ClFN3O2/c17-10-6-9-11(18)3-7(4-13(9)21-16(10)20)1-2-8-5-12(19)15(23)14(8)22/h3-6,12,14-15,22-23H,1-2,19H2,(H2,20,21)/t12-,14-,15+/m1/s1. The summed E-state index contributed by atoms with van der Waals surface area (Å²) in [6.07, 6.45) is 0.659. The molecule has 0 fully saturated rings. The Labute approximate surface area is 137 Å². The molecular weight excluding hydrogens is 321 g/mol. The molecule has 0 spiro atoms. The number of fused-ring (bicyclic) bond motifs is 1. The average molecular weight is 338 g/mol. The van der Waals surface area contributed by atoms with Crippen molar-refractivity contribution in [2.45, 2.75) is 31.1 Å². The van der Waals surface area contributed by atoms with Crippen molar-refractivity contribution >= 4 is 28.3 Å². The molecule has 1 aromatic heterocycles. The highest BCUT2D eigenvalue weighted by atomic mass is 35.5. The molecule has 1 aliphatic carbocycles. The number of nitrogens with zero attached hydrogens (tertiary/aromatic N) is 1. The summed E-state index contributed by atoms with van der Waals surface area (Å²) >= 11 is 5.87. The van der Waals surface area contributed by atoms with Gasteiger partial charge < -0.3 is 21.7 Å². The predicted molar refractivity (Wildman–Crippen MR) is 87.5 cm³/mol. The van der Waals surface area contributed by atoms with E-state index in [-0.39, 0.29) is 10.8 Å². The van der Waals surface area contributed by atoms with Crippen molar-refractivity contribution in [3.05, 3.63) is 46.3 Å². The van der Waals surface area contributed by atoms with E-state index in [4.69, 9.17) is 23.1 Å². The number of benzene rings is 1. The van der Waals surface area contributed by atoms with Gasteiger partial charge in [0.05, 0.1) is 16.6 Å². The van der Waals surface area contributed by atoms with Crippen LogP contribution in [0.15, 0.2) is 29.8 Å². The van der Waals surface area contributed by atoms with Crippen molar-refractivity contribution in [2.24, 2.45) is 5.73 Å². The Morgan fingerprint density at radius 3 is 2.61 bits per heavy atom. The summed E-state index contributed by atoms with van der Waals surface area (Å²) in [4.78, 5) is 4.10. The van der Waals surface area contributed by atoms with E-state index >= 15 is 0 Å². The Hall–Kier alpha value is -1.73. The molecule has 3 rings (SSSR count). The number of nitrogens with two attached hydrogens (primary N) is 2. The molecule has 7 heteroatoms. The van der Waals surface area contributed by atoms with Crippen LogP contribution >= 0.6 is 11.6 Å². The summed E-state index contributed by atoms with van der Waals surface area (Å²) in [6, 6.07) is 4.03. The van der Waals surface area contributed by atoms with E-state index in [1.165, 1.54) is 12.1 Å². The van der Waals surface area contributed by atoms with Crippen LogP contribution in [0.4, 0.5) is 10.2 Å². The third-order valence-corrected chi connectivity index (χ3v) is 4.43. The molecule has 0 saturated heterocycles. The molecule has 2 aromatic rings. The quantitative estimate of drug-likeness (QED) is 0.636. The topological polar surface area (TPSA) is 105 Å². The first-order valence-electron chi connectivity index (χ1n) is 7.23. The number of anilines is 1. The zero-order valence-electron chi connectivity index (χ0n) is 12.2. The zero-order chi connectivity index (χ0) is 16.7. The number of nitrogen functional groups attached to an aromatic ring is 1. The summed E-state index contributed by atoms with van der Waals surface area (Å²) in [7, 11) is 0. The molecule has 0 bridgehead atoms. The van der Waals surface area contributed by atoms with Crippen molar-refractivity contribution < 1.29 is 14.6 Å². The summed E-state index contributed by atoms with van der Waals surface area (Å²) in [6.45, 7) is 0. The van der Waals surface area contributed by atoms with E-state index in [2.05, 4.69) is 4.98 Å². The van der Waals surface area contributed by atoms with E-state index in [1.807, 2.05) is 0 Å². The van der Waals surface area contributed by atoms with Gasteiger partial charge in [-0.1, -0.05) is 17.7 Å². The van der Waals surface area contributed by atoms with Crippen molar-refractivity contribution in [3.63, 3.8) is 0 Å². The SMILES string of the molecule is Nc1nc2cc(CCC3=C[C@@H](N)[C@H](O)[C@@H]3O)cc(F)c2cc1Cl. The lowest BCUT2D eigenvalue weighted by atomic mass is 10.0. The third-order valence-electron chi connectivity index (χ3n) is 4.13. The predicted octanol–water partition coefficient (Wildman–Crippen LogP) is 1.53. The Morgan fingerprint density at radius 2 is 1.96 bits per heavy atom. The number of halogens is 2. The van der Waals surface area contributed by atoms with Gasteiger partial charge in [-0.2, -0.15) is 0 Å². The Balaban J connectivity index is 1.84. The van der Waals surface area contributed by atoms with Gasteiger partial charge in [0.25, 0.3) is 0 Å². The van der Waals surface area contributed by atoms with Crippen LogP contribution < -0.4 is 11.5 Å². The maximum absolute atomic E-state index is 14.2. The molecule has 0 radical (unpaired) electrons. The van der Waals surface area contributed by atoms with Gasteiger partial charge in [-0.05, 0) is 42.2 Å². The maximum Gasteiger partial charge on any atom is 0.142 e. The summed E-state index contributed by atoms with van der Waals surface area (Å²) < 4.78 is 14.2. The van der Waals surface area contributed by atoms with Gasteiger partial charge in [-0.15, -0.1) is 0 Å². The molecule has 122 valence electrons. The van der Waals surface area contributed by atoms with Crippen LogP contribution in [-0.4, -0.2) is 33.4 Å². The molecule has 0 saturated carbocycles. The molecule has 23 heavy (non-hydrogen) atoms. The third kappa shape index (κ3) is 3.03. The van der Waals surface area contributed by atoms with Gasteiger partial charge in [0.1, 0.15) is 23.8 Å². The van der Waals surface area contributed by atoms with Gasteiger partial charge in [0.2, 0.25) is 0 Å². The first kappa shape index (κ1) is 16.1. The molecule has 1 aromatic carbocycles. The first-order valence-corrected chi connectivity index (χ1v) is 7.61. The maximum atomic E-state index is 14.2. The summed E-state index contributed by atoms with van der Waals surface area (Å²) in [5.74, 6) is -0.275. The highest BCUT2D eigenvalue weighted by Crippen LogP contribution is 2.28. The van der Waals surface area contributed by atoms with E-state index in [1.54, 1.807) is 12.1 Å². The van der Waals surface area contributed by atoms with Crippen LogP contribution in [0.1, 0.15) is 12.0 Å². The lowest BCUT2D eigenvalue weighted by molar-refractivity contribution is 0.0451. The molecular formula is C16H17ClFN3O2. The van der Waals surface area contributed by atoms with Crippen LogP contribution in [0.2, 0.25) is 5.02 Å². The fraction of sp³-hybridized carbons (Fsp3) is 0.312. The van der Waals surface area contributed by atoms with E-state index < -0.39 is 24.1 Å². The number of hydrogen-bond donors (Lipinski definition) is 4. The Kier molecular flexibility index (Phi) is 4.25. The first-order chi connectivity index (χ1) is 10.9. The second kappa shape index (κ2) is 6.05. The van der Waals surface area contributed by atoms with Gasteiger partial charge in [-0.3, -0.25) is 0 Å². The number of hydrogen-bond acceptors (Lipinski definition) is 5. The minimum absolute atomic E-state index is 0.152. The number of aliphatic hydroxyl groups is 2. The molecule has 0 amide bonds. The van der Waals surface area contributed by atoms with Crippen LogP contribution in [0, 0.1) is 5.82 Å². The van der Waals surface area contributed by atoms with E-state index in [9.17, 15) is 14.6 Å². The van der Waals surface area contributed by atoms with Gasteiger partial charge in [-0.25, -0.2) is 9.37 Å². The molecule has 1 heterocycles. The minimum atomic E-state index is -0.984. The highest BCUT2D eigenvalue weighted by molar-refractivity contribution is 6.33. The fourth-order valence-corrected chi connectivity index (χ4v) is 2.97. The van der Waals surface area contributed by atoms with E-state index in [0.29, 0.717) is 34.9 Å². The Morgan fingerprint density at radius 1 is 1.22 bits per heavy atom. The highest BCUT2D eigenvalue weighted by Gasteiger charge is 2.31. The number of aliphatic hydroxyl groups excluding tert-OH is 2. The van der Waals surface area contributed by atoms with Crippen molar-refractivity contribution in [1.82, 2.24) is 4.98 Å². The molecule has 1 aliphatic rings.